The number of nitrogens with one attached hydrogen (secondary N) is 1. The first-order valence-corrected chi connectivity index (χ1v) is 6.20. The average molecular weight is 233 g/mol. The van der Waals surface area contributed by atoms with Crippen LogP contribution in [0.1, 0.15) is 33.6 Å². The number of likely N-dealkylation sites (N-methyl/N-ethyl adjacent to an activating group) is 1. The maximum Gasteiger partial charge on any atom is 0.243 e. The highest BCUT2D eigenvalue weighted by Gasteiger charge is 1.91. The number of hydrogen-bond acceptors (Lipinski definition) is 1. The largest absolute Gasteiger partial charge is 0.353 e. The molecule has 2 heteroatoms. The summed E-state index contributed by atoms with van der Waals surface area (Å²) in [4.78, 5) is 11.3. The second-order valence-electron chi connectivity index (χ2n) is 3.61. The summed E-state index contributed by atoms with van der Waals surface area (Å²) in [7, 11) is 0. The highest BCUT2D eigenvalue weighted by atomic mass is 16.1. The maximum absolute atomic E-state index is 11.3. The minimum Gasteiger partial charge on any atom is -0.353 e. The molecule has 0 aromatic heterocycles. The van der Waals surface area contributed by atoms with Crippen LogP contribution >= 0.6 is 0 Å². The van der Waals surface area contributed by atoms with Crippen molar-refractivity contribution in [1.29, 1.82) is 0 Å². The van der Waals surface area contributed by atoms with Crippen LogP contribution in [0.25, 0.3) is 0 Å². The Morgan fingerprint density at radius 3 is 2.53 bits per heavy atom. The van der Waals surface area contributed by atoms with Crippen LogP contribution in [-0.4, -0.2) is 12.5 Å². The molecule has 1 N–H and O–H groups in total. The van der Waals surface area contributed by atoms with Gasteiger partial charge in [0.2, 0.25) is 5.91 Å². The highest BCUT2D eigenvalue weighted by molar-refractivity contribution is 5.88. The summed E-state index contributed by atoms with van der Waals surface area (Å²) in [5, 5.41) is 2.73. The van der Waals surface area contributed by atoms with E-state index in [1.807, 2.05) is 44.2 Å². The molecule has 0 radical (unpaired) electrons. The third-order valence-electron chi connectivity index (χ3n) is 2.02. The summed E-state index contributed by atoms with van der Waals surface area (Å²) in [6, 6.07) is 0. The van der Waals surface area contributed by atoms with Gasteiger partial charge in [-0.05, 0) is 31.9 Å². The zero-order valence-electron chi connectivity index (χ0n) is 11.1. The van der Waals surface area contributed by atoms with Gasteiger partial charge in [-0.1, -0.05) is 43.7 Å². The van der Waals surface area contributed by atoms with Gasteiger partial charge in [-0.2, -0.15) is 0 Å². The average Bonchev–Trinajstić information content (AvgIpc) is 2.32. The molecule has 0 bridgehead atoms. The minimum absolute atomic E-state index is 0.0530. The summed E-state index contributed by atoms with van der Waals surface area (Å²) in [6.45, 7) is 6.67. The van der Waals surface area contributed by atoms with E-state index in [0.29, 0.717) is 6.54 Å². The molecule has 0 unspecified atom stereocenters. The second kappa shape index (κ2) is 10.9. The Balaban J connectivity index is 4.54. The third kappa shape index (κ3) is 9.36. The lowest BCUT2D eigenvalue weighted by Gasteiger charge is -1.96. The Kier molecular flexibility index (Phi) is 9.92. The van der Waals surface area contributed by atoms with Crippen molar-refractivity contribution in [1.82, 2.24) is 5.32 Å². The fraction of sp³-hybridized carbons (Fsp3) is 0.400. The van der Waals surface area contributed by atoms with Crippen molar-refractivity contribution < 1.29 is 4.79 Å². The van der Waals surface area contributed by atoms with E-state index in [1.54, 1.807) is 6.08 Å². The Hall–Kier alpha value is -1.57. The first-order valence-electron chi connectivity index (χ1n) is 6.20. The van der Waals surface area contributed by atoms with E-state index < -0.39 is 0 Å². The molecule has 0 aromatic rings. The molecule has 0 aliphatic heterocycles. The smallest absolute Gasteiger partial charge is 0.243 e. The summed E-state index contributed by atoms with van der Waals surface area (Å²) < 4.78 is 0. The predicted molar refractivity (Wildman–Crippen MR) is 74.8 cm³/mol. The molecule has 0 aliphatic rings. The van der Waals surface area contributed by atoms with Crippen LogP contribution in [0.5, 0.6) is 0 Å². The molecule has 0 heterocycles. The quantitative estimate of drug-likeness (QED) is 0.529. The lowest BCUT2D eigenvalue weighted by Crippen LogP contribution is -2.19. The van der Waals surface area contributed by atoms with E-state index >= 15 is 0 Å². The standard InChI is InChI=1S/C15H23NO/c1-4-7-9-11-14(10-8-5-2)12-13-15(17)16-6-3/h5,8-13H,4,6-7H2,1-3H3,(H,16,17)/b8-5-,11-9+,13-12+,14-10+. The molecule has 0 aliphatic carbocycles. The van der Waals surface area contributed by atoms with Crippen LogP contribution in [0.2, 0.25) is 0 Å². The first-order chi connectivity index (χ1) is 8.24. The molecule has 0 aromatic carbocycles. The van der Waals surface area contributed by atoms with Crippen molar-refractivity contribution in [2.75, 3.05) is 6.54 Å². The summed E-state index contributed by atoms with van der Waals surface area (Å²) in [6.07, 6.45) is 15.7. The van der Waals surface area contributed by atoms with E-state index in [-0.39, 0.29) is 5.91 Å². The van der Waals surface area contributed by atoms with E-state index in [2.05, 4.69) is 18.3 Å². The maximum atomic E-state index is 11.3. The molecule has 94 valence electrons. The molecule has 0 fully saturated rings. The zero-order chi connectivity index (χ0) is 12.9. The van der Waals surface area contributed by atoms with Gasteiger partial charge in [0.05, 0.1) is 0 Å². The molecule has 2 nitrogen and oxygen atoms in total. The van der Waals surface area contributed by atoms with Crippen molar-refractivity contribution in [3.8, 4) is 0 Å². The number of rotatable bonds is 7. The highest BCUT2D eigenvalue weighted by Crippen LogP contribution is 2.02. The molecule has 0 spiro atoms. The minimum atomic E-state index is -0.0530. The van der Waals surface area contributed by atoms with E-state index in [0.717, 1.165) is 18.4 Å². The van der Waals surface area contributed by atoms with Gasteiger partial charge in [-0.15, -0.1) is 0 Å². The van der Waals surface area contributed by atoms with Gasteiger partial charge in [-0.3, -0.25) is 4.79 Å². The van der Waals surface area contributed by atoms with Crippen LogP contribution in [0.4, 0.5) is 0 Å². The van der Waals surface area contributed by atoms with Crippen molar-refractivity contribution in [2.24, 2.45) is 0 Å². The Morgan fingerprint density at radius 1 is 1.18 bits per heavy atom. The summed E-state index contributed by atoms with van der Waals surface area (Å²) >= 11 is 0. The number of hydrogen-bond donors (Lipinski definition) is 1. The lowest BCUT2D eigenvalue weighted by molar-refractivity contribution is -0.116. The molecule has 0 rings (SSSR count). The second-order valence-corrected chi connectivity index (χ2v) is 3.61. The molecule has 17 heavy (non-hydrogen) atoms. The molecule has 0 saturated heterocycles. The molecular formula is C15H23NO. The van der Waals surface area contributed by atoms with Crippen molar-refractivity contribution in [2.45, 2.75) is 33.6 Å². The van der Waals surface area contributed by atoms with E-state index in [4.69, 9.17) is 0 Å². The van der Waals surface area contributed by atoms with Crippen molar-refractivity contribution in [3.63, 3.8) is 0 Å². The Morgan fingerprint density at radius 2 is 1.94 bits per heavy atom. The Bertz CT molecular complexity index is 322. The van der Waals surface area contributed by atoms with Crippen LogP contribution < -0.4 is 5.32 Å². The van der Waals surface area contributed by atoms with Gasteiger partial charge in [0, 0.05) is 12.6 Å². The Labute approximate surface area is 105 Å². The number of carbonyl (C=O) groups excluding carboxylic acids is 1. The van der Waals surface area contributed by atoms with E-state index in [9.17, 15) is 4.79 Å². The summed E-state index contributed by atoms with van der Waals surface area (Å²) in [5.74, 6) is -0.0530. The van der Waals surface area contributed by atoms with E-state index in [1.165, 1.54) is 0 Å². The van der Waals surface area contributed by atoms with Crippen molar-refractivity contribution >= 4 is 5.91 Å². The topological polar surface area (TPSA) is 29.1 Å². The lowest BCUT2D eigenvalue weighted by atomic mass is 10.1. The van der Waals surface area contributed by atoms with Crippen molar-refractivity contribution in [3.05, 3.63) is 48.1 Å². The van der Waals surface area contributed by atoms with Gasteiger partial charge in [0.25, 0.3) is 0 Å². The molecule has 0 atom stereocenters. The molecule has 1 amide bonds. The monoisotopic (exact) mass is 233 g/mol. The van der Waals surface area contributed by atoms with Gasteiger partial charge in [-0.25, -0.2) is 0 Å². The molecular weight excluding hydrogens is 210 g/mol. The number of unbranched alkanes of at least 4 members (excludes halogenated alkanes) is 1. The third-order valence-corrected chi connectivity index (χ3v) is 2.02. The van der Waals surface area contributed by atoms with Crippen LogP contribution in [0.3, 0.4) is 0 Å². The van der Waals surface area contributed by atoms with Crippen LogP contribution in [-0.2, 0) is 4.79 Å². The van der Waals surface area contributed by atoms with Gasteiger partial charge < -0.3 is 5.32 Å². The van der Waals surface area contributed by atoms with Gasteiger partial charge in [0.1, 0.15) is 0 Å². The molecule has 0 saturated carbocycles. The van der Waals surface area contributed by atoms with Crippen LogP contribution in [0, 0.1) is 0 Å². The number of carbonyl (C=O) groups is 1. The van der Waals surface area contributed by atoms with Crippen LogP contribution in [0.15, 0.2) is 48.1 Å². The fourth-order valence-electron chi connectivity index (χ4n) is 1.17. The normalized spacial score (nSPS) is 13.0. The zero-order valence-corrected chi connectivity index (χ0v) is 11.1. The number of amides is 1. The van der Waals surface area contributed by atoms with Gasteiger partial charge in [0.15, 0.2) is 0 Å². The SMILES string of the molecule is C\C=C/C=C(\C=C\CCC)/C=C/C(=O)NCC. The summed E-state index contributed by atoms with van der Waals surface area (Å²) in [5.41, 5.74) is 1.03. The first kappa shape index (κ1) is 15.4. The predicted octanol–water partition coefficient (Wildman–Crippen LogP) is 3.54. The fourth-order valence-corrected chi connectivity index (χ4v) is 1.17. The number of allylic oxidation sites excluding steroid dienone is 7. The van der Waals surface area contributed by atoms with Gasteiger partial charge >= 0.3 is 0 Å².